The molecule has 0 aromatic carbocycles. The quantitative estimate of drug-likeness (QED) is 0.840. The van der Waals surface area contributed by atoms with Crippen LogP contribution in [-0.4, -0.2) is 35.1 Å². The Balaban J connectivity index is 1.67. The van der Waals surface area contributed by atoms with Crippen LogP contribution in [0.2, 0.25) is 0 Å². The predicted molar refractivity (Wildman–Crippen MR) is 86.0 cm³/mol. The van der Waals surface area contributed by atoms with Gasteiger partial charge in [0.15, 0.2) is 0 Å². The highest BCUT2D eigenvalue weighted by Crippen LogP contribution is 2.37. The molecule has 3 aliphatic rings. The lowest BCUT2D eigenvalue weighted by molar-refractivity contribution is 0.0492. The van der Waals surface area contributed by atoms with Crippen molar-refractivity contribution in [3.8, 4) is 6.07 Å². The average molecular weight is 289 g/mol. The summed E-state index contributed by atoms with van der Waals surface area (Å²) in [6.07, 6.45) is 13.9. The van der Waals surface area contributed by atoms with Crippen molar-refractivity contribution in [2.24, 2.45) is 0 Å². The number of nitrogens with zero attached hydrogens (tertiary/aromatic N) is 2. The lowest BCUT2D eigenvalue weighted by Crippen LogP contribution is -2.56. The van der Waals surface area contributed by atoms with Gasteiger partial charge in [-0.1, -0.05) is 19.8 Å². The zero-order valence-corrected chi connectivity index (χ0v) is 13.6. The summed E-state index contributed by atoms with van der Waals surface area (Å²) in [6.45, 7) is 3.57. The summed E-state index contributed by atoms with van der Waals surface area (Å²) in [5, 5.41) is 13.5. The third kappa shape index (κ3) is 3.60. The van der Waals surface area contributed by atoms with Gasteiger partial charge >= 0.3 is 0 Å². The van der Waals surface area contributed by atoms with Gasteiger partial charge in [-0.2, -0.15) is 5.26 Å². The Labute approximate surface area is 130 Å². The normalized spacial score (nSPS) is 38.1. The van der Waals surface area contributed by atoms with Crippen molar-refractivity contribution in [1.29, 1.82) is 5.26 Å². The molecule has 0 spiro atoms. The molecule has 1 aliphatic heterocycles. The van der Waals surface area contributed by atoms with Gasteiger partial charge in [-0.3, -0.25) is 10.2 Å². The molecule has 3 heteroatoms. The van der Waals surface area contributed by atoms with Crippen molar-refractivity contribution < 1.29 is 0 Å². The van der Waals surface area contributed by atoms with Crippen molar-refractivity contribution in [3.63, 3.8) is 0 Å². The van der Waals surface area contributed by atoms with E-state index >= 15 is 0 Å². The van der Waals surface area contributed by atoms with Crippen molar-refractivity contribution in [1.82, 2.24) is 10.2 Å². The van der Waals surface area contributed by atoms with Gasteiger partial charge in [0.05, 0.1) is 6.07 Å². The molecule has 3 unspecified atom stereocenters. The largest absolute Gasteiger partial charge is 0.297 e. The molecular weight excluding hydrogens is 258 g/mol. The van der Waals surface area contributed by atoms with E-state index in [9.17, 15) is 5.26 Å². The van der Waals surface area contributed by atoms with Crippen molar-refractivity contribution in [2.45, 2.75) is 101 Å². The summed E-state index contributed by atoms with van der Waals surface area (Å²) < 4.78 is 0. The number of nitrogens with one attached hydrogen (secondary N) is 1. The maximum absolute atomic E-state index is 9.77. The Morgan fingerprint density at radius 2 is 2.05 bits per heavy atom. The summed E-state index contributed by atoms with van der Waals surface area (Å²) in [6, 6.07) is 4.72. The van der Waals surface area contributed by atoms with E-state index in [4.69, 9.17) is 0 Å². The smallest absolute Gasteiger partial charge is 0.108 e. The number of hydrogen-bond acceptors (Lipinski definition) is 3. The molecule has 0 aromatic rings. The highest BCUT2D eigenvalue weighted by Gasteiger charge is 2.43. The molecule has 2 saturated carbocycles. The fourth-order valence-electron chi connectivity index (χ4n) is 4.56. The molecule has 0 radical (unpaired) electrons. The summed E-state index contributed by atoms with van der Waals surface area (Å²) in [4.78, 5) is 2.78. The highest BCUT2D eigenvalue weighted by atomic mass is 15.2. The Hall–Kier alpha value is -0.590. The van der Waals surface area contributed by atoms with Crippen molar-refractivity contribution in [2.75, 3.05) is 6.54 Å². The second kappa shape index (κ2) is 6.67. The topological polar surface area (TPSA) is 39.1 Å². The fraction of sp³-hybridized carbons (Fsp3) is 0.944. The Morgan fingerprint density at radius 3 is 2.76 bits per heavy atom. The van der Waals surface area contributed by atoms with E-state index in [0.717, 1.165) is 18.9 Å². The first-order valence-electron chi connectivity index (χ1n) is 9.21. The molecule has 3 fully saturated rings. The highest BCUT2D eigenvalue weighted by molar-refractivity contribution is 5.13. The molecule has 3 atom stereocenters. The molecule has 0 aromatic heterocycles. The van der Waals surface area contributed by atoms with E-state index in [1.165, 1.54) is 64.3 Å². The first-order chi connectivity index (χ1) is 10.3. The van der Waals surface area contributed by atoms with Crippen LogP contribution < -0.4 is 5.32 Å². The van der Waals surface area contributed by atoms with Crippen LogP contribution in [0.15, 0.2) is 0 Å². The minimum atomic E-state index is -0.224. The molecule has 3 rings (SSSR count). The SMILES string of the molecule is CCCC1CCCCN1C1CCCC(C#N)(NC2CC2)C1. The van der Waals surface area contributed by atoms with E-state index in [1.807, 2.05) is 0 Å². The molecular formula is C18H31N3. The van der Waals surface area contributed by atoms with Crippen molar-refractivity contribution in [3.05, 3.63) is 0 Å². The molecule has 3 nitrogen and oxygen atoms in total. The third-order valence-electron chi connectivity index (χ3n) is 5.76. The fourth-order valence-corrected chi connectivity index (χ4v) is 4.56. The second-order valence-electron chi connectivity index (χ2n) is 7.54. The first-order valence-corrected chi connectivity index (χ1v) is 9.21. The van der Waals surface area contributed by atoms with Gasteiger partial charge in [-0.15, -0.1) is 0 Å². The number of piperidine rings is 1. The van der Waals surface area contributed by atoms with Crippen LogP contribution in [0.4, 0.5) is 0 Å². The molecule has 1 heterocycles. The molecule has 21 heavy (non-hydrogen) atoms. The summed E-state index contributed by atoms with van der Waals surface area (Å²) in [5.41, 5.74) is -0.224. The lowest BCUT2D eigenvalue weighted by Gasteiger charge is -2.46. The molecule has 0 bridgehead atoms. The summed E-state index contributed by atoms with van der Waals surface area (Å²) in [5.74, 6) is 0. The van der Waals surface area contributed by atoms with Crippen LogP contribution in [0.1, 0.15) is 77.6 Å². The number of nitriles is 1. The number of hydrogen-bond donors (Lipinski definition) is 1. The van der Waals surface area contributed by atoms with Crippen LogP contribution in [-0.2, 0) is 0 Å². The third-order valence-corrected chi connectivity index (χ3v) is 5.76. The van der Waals surface area contributed by atoms with Gasteiger partial charge in [0.25, 0.3) is 0 Å². The van der Waals surface area contributed by atoms with Gasteiger partial charge in [0.1, 0.15) is 5.54 Å². The van der Waals surface area contributed by atoms with Crippen LogP contribution in [0.5, 0.6) is 0 Å². The Morgan fingerprint density at radius 1 is 1.19 bits per heavy atom. The van der Waals surface area contributed by atoms with E-state index in [1.54, 1.807) is 0 Å². The maximum atomic E-state index is 9.77. The second-order valence-corrected chi connectivity index (χ2v) is 7.54. The minimum absolute atomic E-state index is 0.224. The summed E-state index contributed by atoms with van der Waals surface area (Å²) >= 11 is 0. The van der Waals surface area contributed by atoms with Crippen LogP contribution in [0, 0.1) is 11.3 Å². The lowest BCUT2D eigenvalue weighted by atomic mass is 9.78. The van der Waals surface area contributed by atoms with Crippen molar-refractivity contribution >= 4 is 0 Å². The zero-order valence-electron chi connectivity index (χ0n) is 13.6. The van der Waals surface area contributed by atoms with Crippen LogP contribution in [0.25, 0.3) is 0 Å². The maximum Gasteiger partial charge on any atom is 0.108 e. The number of rotatable bonds is 5. The standard InChI is InChI=1S/C18H31N3/c1-2-6-16-7-3-4-12-21(16)17-8-5-11-18(13-17,14-19)20-15-9-10-15/h15-17,20H,2-13H2,1H3. The van der Waals surface area contributed by atoms with Gasteiger partial charge in [0, 0.05) is 18.1 Å². The predicted octanol–water partition coefficient (Wildman–Crippen LogP) is 3.60. The minimum Gasteiger partial charge on any atom is -0.297 e. The number of likely N-dealkylation sites (tertiary alicyclic amines) is 1. The molecule has 1 saturated heterocycles. The average Bonchev–Trinajstić information content (AvgIpc) is 3.32. The zero-order chi connectivity index (χ0) is 14.7. The van der Waals surface area contributed by atoms with E-state index in [2.05, 4.69) is 23.2 Å². The monoisotopic (exact) mass is 289 g/mol. The first kappa shape index (κ1) is 15.3. The van der Waals surface area contributed by atoms with E-state index in [-0.39, 0.29) is 5.54 Å². The Kier molecular flexibility index (Phi) is 4.86. The molecule has 1 N–H and O–H groups in total. The molecule has 0 amide bonds. The van der Waals surface area contributed by atoms with Gasteiger partial charge in [0.2, 0.25) is 0 Å². The molecule has 118 valence electrons. The van der Waals surface area contributed by atoms with Gasteiger partial charge in [-0.25, -0.2) is 0 Å². The Bertz CT molecular complexity index is 382. The van der Waals surface area contributed by atoms with E-state index < -0.39 is 0 Å². The van der Waals surface area contributed by atoms with Gasteiger partial charge < -0.3 is 0 Å². The van der Waals surface area contributed by atoms with Crippen LogP contribution >= 0.6 is 0 Å². The van der Waals surface area contributed by atoms with E-state index in [0.29, 0.717) is 12.1 Å². The van der Waals surface area contributed by atoms with Crippen LogP contribution in [0.3, 0.4) is 0 Å². The van der Waals surface area contributed by atoms with Gasteiger partial charge in [-0.05, 0) is 64.3 Å². The molecule has 2 aliphatic carbocycles. The summed E-state index contributed by atoms with van der Waals surface area (Å²) in [7, 11) is 0.